The molecule has 0 saturated heterocycles. The van der Waals surface area contributed by atoms with E-state index in [0.717, 1.165) is 29.4 Å². The van der Waals surface area contributed by atoms with Crippen LogP contribution in [0.25, 0.3) is 11.1 Å². The second kappa shape index (κ2) is 12.3. The first-order chi connectivity index (χ1) is 15.3. The number of aldehydes is 1. The fourth-order valence-electron chi connectivity index (χ4n) is 3.09. The number of hydrogen-bond acceptors (Lipinski definition) is 4. The van der Waals surface area contributed by atoms with Crippen LogP contribution in [0.5, 0.6) is 0 Å². The van der Waals surface area contributed by atoms with Crippen LogP contribution in [0, 0.1) is 0 Å². The second-order valence-corrected chi connectivity index (χ2v) is 8.11. The average Bonchev–Trinajstić information content (AvgIpc) is 2.80. The number of anilines is 1. The lowest BCUT2D eigenvalue weighted by atomic mass is 9.95. The van der Waals surface area contributed by atoms with Crippen molar-refractivity contribution in [3.63, 3.8) is 0 Å². The van der Waals surface area contributed by atoms with Gasteiger partial charge in [0.05, 0.1) is 12.2 Å². The van der Waals surface area contributed by atoms with Crippen LogP contribution in [0.1, 0.15) is 23.6 Å². The van der Waals surface area contributed by atoms with Crippen molar-refractivity contribution in [3.8, 4) is 11.1 Å². The van der Waals surface area contributed by atoms with Crippen molar-refractivity contribution >= 4 is 23.7 Å². The molecular weight excluding hydrogens is 435 g/mol. The van der Waals surface area contributed by atoms with Gasteiger partial charge in [0.25, 0.3) is 0 Å². The molecule has 0 atom stereocenters. The van der Waals surface area contributed by atoms with Gasteiger partial charge < -0.3 is 15.2 Å². The maximum absolute atomic E-state index is 13.0. The second-order valence-electron chi connectivity index (χ2n) is 6.77. The molecule has 3 rings (SSSR count). The summed E-state index contributed by atoms with van der Waals surface area (Å²) in [6, 6.07) is 18.4. The minimum Gasteiger partial charge on any atom is -0.392 e. The van der Waals surface area contributed by atoms with Crippen molar-refractivity contribution in [2.45, 2.75) is 31.0 Å². The van der Waals surface area contributed by atoms with Gasteiger partial charge in [0.15, 0.2) is 0 Å². The van der Waals surface area contributed by atoms with Crippen LogP contribution in [0.4, 0.5) is 18.9 Å². The largest absolute Gasteiger partial charge is 0.417 e. The zero-order valence-corrected chi connectivity index (χ0v) is 18.8. The molecule has 0 saturated carbocycles. The Morgan fingerprint density at radius 1 is 1.00 bits per heavy atom. The monoisotopic (exact) mass is 461 g/mol. The first kappa shape index (κ1) is 25.5. The minimum absolute atomic E-state index is 0.0757. The fraction of sp³-hybridized carbons (Fsp3) is 0.240. The maximum Gasteiger partial charge on any atom is 0.417 e. The lowest BCUT2D eigenvalue weighted by Crippen LogP contribution is -2.07. The number of aliphatic hydroxyl groups excluding tert-OH is 1. The van der Waals surface area contributed by atoms with Gasteiger partial charge in [-0.25, -0.2) is 0 Å². The molecule has 0 fully saturated rings. The van der Waals surface area contributed by atoms with Gasteiger partial charge in [-0.3, -0.25) is 0 Å². The normalized spacial score (nSPS) is 10.8. The summed E-state index contributed by atoms with van der Waals surface area (Å²) in [6.07, 6.45) is -2.97. The average molecular weight is 462 g/mol. The number of halogens is 3. The summed E-state index contributed by atoms with van der Waals surface area (Å²) >= 11 is 1.81. The molecule has 32 heavy (non-hydrogen) atoms. The highest BCUT2D eigenvalue weighted by Crippen LogP contribution is 2.38. The summed E-state index contributed by atoms with van der Waals surface area (Å²) in [7, 11) is 1.71. The Kier molecular flexibility index (Phi) is 9.81. The molecule has 7 heteroatoms. The highest BCUT2D eigenvalue weighted by atomic mass is 32.2. The summed E-state index contributed by atoms with van der Waals surface area (Å²) < 4.78 is 39.1. The summed E-state index contributed by atoms with van der Waals surface area (Å²) in [5, 5.41) is 12.3. The number of benzene rings is 3. The number of thioether (sulfide) groups is 1. The van der Waals surface area contributed by atoms with Crippen LogP contribution in [0.15, 0.2) is 71.6 Å². The Morgan fingerprint density at radius 2 is 1.69 bits per heavy atom. The molecule has 170 valence electrons. The molecule has 0 spiro atoms. The first-order valence-electron chi connectivity index (χ1n) is 10.1. The zero-order valence-electron chi connectivity index (χ0n) is 17.9. The molecule has 2 N–H and O–H groups in total. The molecule has 0 aliphatic rings. The summed E-state index contributed by atoms with van der Waals surface area (Å²) in [4.78, 5) is 11.5. The van der Waals surface area contributed by atoms with Crippen LogP contribution in [0.2, 0.25) is 0 Å². The van der Waals surface area contributed by atoms with Crippen molar-refractivity contribution < 1.29 is 23.1 Å². The van der Waals surface area contributed by atoms with Gasteiger partial charge in [-0.1, -0.05) is 43.3 Å². The number of rotatable bonds is 7. The standard InChI is InChI=1S/C15H14F3NO.C10H12OS/c1-19-11-6-7-12(10(8-11)9-20)13-4-2-3-5-14(13)15(16,17)18;1-2-12-10-5-3-9(4-6-10)7-8-11/h2-8,19-20H,9H2,1H3;3-6,8H,2,7H2,1H3. The number of hydrogen-bond donors (Lipinski definition) is 2. The molecule has 3 nitrogen and oxygen atoms in total. The van der Waals surface area contributed by atoms with E-state index in [9.17, 15) is 23.1 Å². The van der Waals surface area contributed by atoms with E-state index >= 15 is 0 Å². The van der Waals surface area contributed by atoms with Crippen LogP contribution in [-0.4, -0.2) is 24.2 Å². The number of aliphatic hydroxyl groups is 1. The Balaban J connectivity index is 0.000000258. The van der Waals surface area contributed by atoms with Crippen molar-refractivity contribution in [3.05, 3.63) is 83.4 Å². The quantitative estimate of drug-likeness (QED) is 0.314. The third-order valence-electron chi connectivity index (χ3n) is 4.64. The molecule has 0 amide bonds. The third kappa shape index (κ3) is 7.14. The van der Waals surface area contributed by atoms with E-state index in [1.807, 2.05) is 23.9 Å². The molecule has 3 aromatic carbocycles. The molecule has 3 aromatic rings. The minimum atomic E-state index is -4.43. The first-order valence-corrected chi connectivity index (χ1v) is 11.1. The molecule has 0 aliphatic heterocycles. The summed E-state index contributed by atoms with van der Waals surface area (Å²) in [5.74, 6) is 1.09. The number of alkyl halides is 3. The van der Waals surface area contributed by atoms with E-state index in [0.29, 0.717) is 17.5 Å². The van der Waals surface area contributed by atoms with Gasteiger partial charge in [0, 0.05) is 24.1 Å². The lowest BCUT2D eigenvalue weighted by molar-refractivity contribution is -0.137. The smallest absolute Gasteiger partial charge is 0.392 e. The van der Waals surface area contributed by atoms with E-state index in [1.165, 1.54) is 17.0 Å². The molecule has 0 heterocycles. The Labute approximate surface area is 190 Å². The van der Waals surface area contributed by atoms with E-state index in [-0.39, 0.29) is 12.2 Å². The van der Waals surface area contributed by atoms with Crippen molar-refractivity contribution in [1.82, 2.24) is 0 Å². The molecule has 0 unspecified atom stereocenters. The number of carbonyl (C=O) groups is 1. The highest BCUT2D eigenvalue weighted by Gasteiger charge is 2.33. The zero-order chi connectivity index (χ0) is 23.6. The van der Waals surface area contributed by atoms with Crippen molar-refractivity contribution in [1.29, 1.82) is 0 Å². The SMILES string of the molecule is CCSc1ccc(CC=O)cc1.CNc1ccc(-c2ccccc2C(F)(F)F)c(CO)c1. The van der Waals surface area contributed by atoms with E-state index in [2.05, 4.69) is 24.4 Å². The lowest BCUT2D eigenvalue weighted by Gasteiger charge is -2.16. The maximum atomic E-state index is 13.0. The summed E-state index contributed by atoms with van der Waals surface area (Å²) in [6.45, 7) is 1.81. The third-order valence-corrected chi connectivity index (χ3v) is 5.53. The predicted molar refractivity (Wildman–Crippen MR) is 125 cm³/mol. The van der Waals surface area contributed by atoms with Gasteiger partial charge >= 0.3 is 6.18 Å². The van der Waals surface area contributed by atoms with Gasteiger partial charge in [-0.2, -0.15) is 13.2 Å². The molecule has 0 aromatic heterocycles. The Bertz CT molecular complexity index is 1000. The van der Waals surface area contributed by atoms with Crippen LogP contribution >= 0.6 is 11.8 Å². The topological polar surface area (TPSA) is 49.3 Å². The van der Waals surface area contributed by atoms with E-state index in [1.54, 1.807) is 31.3 Å². The van der Waals surface area contributed by atoms with Crippen LogP contribution < -0.4 is 5.32 Å². The predicted octanol–water partition coefficient (Wildman–Crippen LogP) is 6.45. The van der Waals surface area contributed by atoms with Crippen molar-refractivity contribution in [2.24, 2.45) is 0 Å². The van der Waals surface area contributed by atoms with Crippen LogP contribution in [-0.2, 0) is 24.0 Å². The van der Waals surface area contributed by atoms with Gasteiger partial charge in [-0.15, -0.1) is 11.8 Å². The molecule has 0 bridgehead atoms. The molecular formula is C25H26F3NO2S. The fourth-order valence-corrected chi connectivity index (χ4v) is 3.75. The van der Waals surface area contributed by atoms with Gasteiger partial charge in [-0.05, 0) is 58.3 Å². The number of carbonyl (C=O) groups excluding carboxylic acids is 1. The number of nitrogens with one attached hydrogen (secondary N) is 1. The van der Waals surface area contributed by atoms with Crippen molar-refractivity contribution in [2.75, 3.05) is 18.1 Å². The molecule has 0 radical (unpaired) electrons. The van der Waals surface area contributed by atoms with Crippen LogP contribution in [0.3, 0.4) is 0 Å². The van der Waals surface area contributed by atoms with Gasteiger partial charge in [0.1, 0.15) is 6.29 Å². The van der Waals surface area contributed by atoms with E-state index in [4.69, 9.17) is 0 Å². The van der Waals surface area contributed by atoms with E-state index < -0.39 is 11.7 Å². The van der Waals surface area contributed by atoms with Gasteiger partial charge in [0.2, 0.25) is 0 Å². The Morgan fingerprint density at radius 3 is 2.25 bits per heavy atom. The Hall–Kier alpha value is -2.77. The highest BCUT2D eigenvalue weighted by molar-refractivity contribution is 7.99. The molecule has 0 aliphatic carbocycles. The summed E-state index contributed by atoms with van der Waals surface area (Å²) in [5.41, 5.74) is 2.04.